The summed E-state index contributed by atoms with van der Waals surface area (Å²) in [6, 6.07) is 14.2. The number of nitrogens with zero attached hydrogens (tertiary/aromatic N) is 1. The summed E-state index contributed by atoms with van der Waals surface area (Å²) >= 11 is 5.85. The molecule has 0 spiro atoms. The largest absolute Gasteiger partial charge is 0.326 e. The molecular weight excluding hydrogens is 338 g/mol. The predicted molar refractivity (Wildman–Crippen MR) is 101 cm³/mol. The van der Waals surface area contributed by atoms with Crippen molar-refractivity contribution in [2.75, 3.05) is 5.32 Å². The lowest BCUT2D eigenvalue weighted by Crippen LogP contribution is -2.21. The number of rotatable bonds is 6. The first-order valence-corrected chi connectivity index (χ1v) is 8.34. The van der Waals surface area contributed by atoms with Crippen LogP contribution in [0.3, 0.4) is 0 Å². The molecule has 6 heteroatoms. The van der Waals surface area contributed by atoms with Crippen molar-refractivity contribution >= 4 is 34.8 Å². The van der Waals surface area contributed by atoms with Crippen LogP contribution in [-0.2, 0) is 11.2 Å². The number of hydrogen-bond donors (Lipinski definition) is 2. The monoisotopic (exact) mass is 357 g/mol. The highest BCUT2D eigenvalue weighted by Crippen LogP contribution is 2.15. The molecule has 0 aliphatic carbocycles. The maximum Gasteiger partial charge on any atom is 0.271 e. The Labute approximate surface area is 152 Å². The van der Waals surface area contributed by atoms with Gasteiger partial charge in [0, 0.05) is 22.0 Å². The van der Waals surface area contributed by atoms with Crippen LogP contribution >= 0.6 is 11.6 Å². The molecule has 2 rings (SSSR count). The van der Waals surface area contributed by atoms with Crippen LogP contribution in [0.15, 0.2) is 53.6 Å². The molecule has 2 amide bonds. The molecule has 0 atom stereocenters. The number of carbonyl (C=O) groups excluding carboxylic acids is 2. The van der Waals surface area contributed by atoms with Crippen molar-refractivity contribution in [2.45, 2.75) is 26.7 Å². The van der Waals surface area contributed by atoms with E-state index in [1.807, 2.05) is 31.2 Å². The summed E-state index contributed by atoms with van der Waals surface area (Å²) in [7, 11) is 0. The summed E-state index contributed by atoms with van der Waals surface area (Å²) in [5.74, 6) is -0.558. The van der Waals surface area contributed by atoms with Crippen molar-refractivity contribution in [3.63, 3.8) is 0 Å². The van der Waals surface area contributed by atoms with Crippen molar-refractivity contribution in [3.8, 4) is 0 Å². The molecule has 0 unspecified atom stereocenters. The molecule has 0 aliphatic heterocycles. The zero-order valence-corrected chi connectivity index (χ0v) is 14.9. The Kier molecular flexibility index (Phi) is 6.71. The predicted octanol–water partition coefficient (Wildman–Crippen LogP) is 4.04. The van der Waals surface area contributed by atoms with E-state index in [0.29, 0.717) is 16.3 Å². The lowest BCUT2D eigenvalue weighted by molar-refractivity contribution is -0.115. The van der Waals surface area contributed by atoms with Crippen molar-refractivity contribution in [2.24, 2.45) is 5.10 Å². The standard InChI is InChI=1S/C19H20ClN3O2/c1-3-14-7-4-5-10-17(14)21-18(24)11-13(2)22-23-19(25)15-8-6-9-16(20)12-15/h4-10,12H,3,11H2,1-2H3,(H,21,24)(H,23,25). The second-order valence-corrected chi connectivity index (χ2v) is 5.97. The van der Waals surface area contributed by atoms with E-state index in [-0.39, 0.29) is 18.2 Å². The second kappa shape index (κ2) is 8.99. The maximum atomic E-state index is 12.1. The molecule has 5 nitrogen and oxygen atoms in total. The van der Waals surface area contributed by atoms with Gasteiger partial charge in [-0.15, -0.1) is 0 Å². The van der Waals surface area contributed by atoms with Gasteiger partial charge in [0.2, 0.25) is 5.91 Å². The van der Waals surface area contributed by atoms with Gasteiger partial charge < -0.3 is 5.32 Å². The molecule has 0 fully saturated rings. The topological polar surface area (TPSA) is 70.6 Å². The number of hydrogen-bond acceptors (Lipinski definition) is 3. The van der Waals surface area contributed by atoms with E-state index < -0.39 is 0 Å². The molecule has 0 saturated heterocycles. The van der Waals surface area contributed by atoms with Gasteiger partial charge in [0.15, 0.2) is 0 Å². The Morgan fingerprint density at radius 3 is 2.60 bits per heavy atom. The van der Waals surface area contributed by atoms with Gasteiger partial charge in [0.05, 0.1) is 6.42 Å². The van der Waals surface area contributed by atoms with Gasteiger partial charge in [-0.2, -0.15) is 5.10 Å². The van der Waals surface area contributed by atoms with Gasteiger partial charge in [-0.05, 0) is 43.2 Å². The highest BCUT2D eigenvalue weighted by molar-refractivity contribution is 6.30. The molecule has 2 N–H and O–H groups in total. The first kappa shape index (κ1) is 18.7. The van der Waals surface area contributed by atoms with Crippen LogP contribution in [-0.4, -0.2) is 17.5 Å². The summed E-state index contributed by atoms with van der Waals surface area (Å²) in [5.41, 5.74) is 5.20. The molecule has 2 aromatic carbocycles. The van der Waals surface area contributed by atoms with E-state index >= 15 is 0 Å². The molecule has 25 heavy (non-hydrogen) atoms. The zero-order valence-electron chi connectivity index (χ0n) is 14.2. The van der Waals surface area contributed by atoms with E-state index in [9.17, 15) is 9.59 Å². The lowest BCUT2D eigenvalue weighted by Gasteiger charge is -2.09. The third-order valence-corrected chi connectivity index (χ3v) is 3.76. The average Bonchev–Trinajstić information content (AvgIpc) is 2.60. The molecule has 0 saturated carbocycles. The third-order valence-electron chi connectivity index (χ3n) is 3.52. The maximum absolute atomic E-state index is 12.1. The third kappa shape index (κ3) is 5.72. The van der Waals surface area contributed by atoms with Gasteiger partial charge >= 0.3 is 0 Å². The van der Waals surface area contributed by atoms with Crippen molar-refractivity contribution in [1.82, 2.24) is 5.43 Å². The molecule has 0 aromatic heterocycles. The quantitative estimate of drug-likeness (QED) is 0.605. The minimum absolute atomic E-state index is 0.0911. The lowest BCUT2D eigenvalue weighted by atomic mass is 10.1. The first-order chi connectivity index (χ1) is 12.0. The van der Waals surface area contributed by atoms with Crippen LogP contribution < -0.4 is 10.7 Å². The van der Waals surface area contributed by atoms with Gasteiger partial charge in [-0.3, -0.25) is 9.59 Å². The molecular formula is C19H20ClN3O2. The fraction of sp³-hybridized carbons (Fsp3) is 0.211. The Balaban J connectivity index is 1.92. The van der Waals surface area contributed by atoms with Crippen LogP contribution in [0.4, 0.5) is 5.69 Å². The SMILES string of the molecule is CCc1ccccc1NC(=O)CC(C)=NNC(=O)c1cccc(Cl)c1. The van der Waals surface area contributed by atoms with E-state index in [4.69, 9.17) is 11.6 Å². The van der Waals surface area contributed by atoms with E-state index in [1.165, 1.54) is 0 Å². The second-order valence-electron chi connectivity index (χ2n) is 5.53. The minimum atomic E-state index is -0.376. The summed E-state index contributed by atoms with van der Waals surface area (Å²) in [4.78, 5) is 24.1. The van der Waals surface area contributed by atoms with E-state index in [1.54, 1.807) is 31.2 Å². The normalized spacial score (nSPS) is 11.1. The fourth-order valence-electron chi connectivity index (χ4n) is 2.26. The Bertz CT molecular complexity index is 803. The molecule has 0 aliphatic rings. The number of hydrazone groups is 1. The minimum Gasteiger partial charge on any atom is -0.326 e. The molecule has 0 radical (unpaired) electrons. The van der Waals surface area contributed by atoms with Crippen LogP contribution in [0.1, 0.15) is 36.2 Å². The number of anilines is 1. The fourth-order valence-corrected chi connectivity index (χ4v) is 2.45. The molecule has 0 bridgehead atoms. The van der Waals surface area contributed by atoms with Gasteiger partial charge in [0.25, 0.3) is 5.91 Å². The van der Waals surface area contributed by atoms with E-state index in [0.717, 1.165) is 17.7 Å². The van der Waals surface area contributed by atoms with Crippen LogP contribution in [0, 0.1) is 0 Å². The summed E-state index contributed by atoms with van der Waals surface area (Å²) in [6.45, 7) is 3.71. The Morgan fingerprint density at radius 1 is 1.12 bits per heavy atom. The Morgan fingerprint density at radius 2 is 1.88 bits per heavy atom. The molecule has 0 heterocycles. The first-order valence-electron chi connectivity index (χ1n) is 7.96. The van der Waals surface area contributed by atoms with Crippen LogP contribution in [0.2, 0.25) is 5.02 Å². The number of benzene rings is 2. The average molecular weight is 358 g/mol. The highest BCUT2D eigenvalue weighted by Gasteiger charge is 2.09. The molecule has 130 valence electrons. The number of para-hydroxylation sites is 1. The number of amides is 2. The summed E-state index contributed by atoms with van der Waals surface area (Å²) in [6.07, 6.45) is 0.924. The number of carbonyl (C=O) groups is 2. The molecule has 2 aromatic rings. The summed E-state index contributed by atoms with van der Waals surface area (Å²) < 4.78 is 0. The smallest absolute Gasteiger partial charge is 0.271 e. The number of halogens is 1. The van der Waals surface area contributed by atoms with Gasteiger partial charge in [0.1, 0.15) is 0 Å². The van der Waals surface area contributed by atoms with Gasteiger partial charge in [-0.25, -0.2) is 5.43 Å². The van der Waals surface area contributed by atoms with Gasteiger partial charge in [-0.1, -0.05) is 42.8 Å². The van der Waals surface area contributed by atoms with Crippen LogP contribution in [0.5, 0.6) is 0 Å². The van der Waals surface area contributed by atoms with Crippen molar-refractivity contribution in [1.29, 1.82) is 0 Å². The Hall–Kier alpha value is -2.66. The van der Waals surface area contributed by atoms with Crippen molar-refractivity contribution < 1.29 is 9.59 Å². The van der Waals surface area contributed by atoms with Crippen LogP contribution in [0.25, 0.3) is 0 Å². The highest BCUT2D eigenvalue weighted by atomic mass is 35.5. The number of aryl methyl sites for hydroxylation is 1. The van der Waals surface area contributed by atoms with Crippen molar-refractivity contribution in [3.05, 3.63) is 64.7 Å². The zero-order chi connectivity index (χ0) is 18.2. The number of nitrogens with one attached hydrogen (secondary N) is 2. The van der Waals surface area contributed by atoms with E-state index in [2.05, 4.69) is 15.8 Å². The summed E-state index contributed by atoms with van der Waals surface area (Å²) in [5, 5.41) is 7.31.